The minimum absolute atomic E-state index is 0.0396. The van der Waals surface area contributed by atoms with Crippen LogP contribution in [0.3, 0.4) is 0 Å². The fourth-order valence-electron chi connectivity index (χ4n) is 4.55. The Kier molecular flexibility index (Phi) is 9.64. The van der Waals surface area contributed by atoms with E-state index >= 15 is 0 Å². The van der Waals surface area contributed by atoms with Gasteiger partial charge in [-0.2, -0.15) is 5.01 Å². The van der Waals surface area contributed by atoms with Crippen LogP contribution in [0.4, 0.5) is 9.18 Å². The van der Waals surface area contributed by atoms with Gasteiger partial charge in [-0.15, -0.1) is 6.42 Å². The summed E-state index contributed by atoms with van der Waals surface area (Å²) in [4.78, 5) is 42.5. The second-order valence-corrected chi connectivity index (χ2v) is 9.16. The van der Waals surface area contributed by atoms with Crippen molar-refractivity contribution in [3.63, 3.8) is 0 Å². The van der Waals surface area contributed by atoms with Crippen molar-refractivity contribution in [3.05, 3.63) is 72.0 Å². The number of carbonyl (C=O) groups is 3. The fraction of sp³-hybridized carbons (Fsp3) is 0.393. The summed E-state index contributed by atoms with van der Waals surface area (Å²) in [6.07, 6.45) is 4.91. The van der Waals surface area contributed by atoms with E-state index in [1.54, 1.807) is 33.0 Å². The Balaban J connectivity index is 0.000000468. The molecule has 0 spiro atoms. The van der Waals surface area contributed by atoms with E-state index in [0.29, 0.717) is 13.1 Å². The molecule has 8 nitrogen and oxygen atoms in total. The molecule has 2 saturated heterocycles. The van der Waals surface area contributed by atoms with Crippen LogP contribution in [-0.2, 0) is 16.1 Å². The highest BCUT2D eigenvalue weighted by Gasteiger charge is 2.51. The number of nitrogens with one attached hydrogen (secondary N) is 1. The predicted molar refractivity (Wildman–Crippen MR) is 139 cm³/mol. The third-order valence-electron chi connectivity index (χ3n) is 6.28. The van der Waals surface area contributed by atoms with Crippen molar-refractivity contribution in [2.75, 3.05) is 26.2 Å². The van der Waals surface area contributed by atoms with Crippen molar-refractivity contribution in [2.45, 2.75) is 39.5 Å². The molecule has 2 aliphatic rings. The van der Waals surface area contributed by atoms with Gasteiger partial charge in [0.2, 0.25) is 11.8 Å². The smallest absolute Gasteiger partial charge is 0.334 e. The van der Waals surface area contributed by atoms with Crippen LogP contribution in [0.5, 0.6) is 0 Å². The SMILES string of the molecule is C#CCN1CC(=O)N2[C@@H](C(C)C)C(=O)N(CC)C[C@@H]2N1C(=O)NCc1ccccc1.Fc1ccccc1. The van der Waals surface area contributed by atoms with Crippen LogP contribution in [0.1, 0.15) is 26.3 Å². The lowest BCUT2D eigenvalue weighted by molar-refractivity contribution is -0.191. The summed E-state index contributed by atoms with van der Waals surface area (Å²) in [6, 6.07) is 16.6. The van der Waals surface area contributed by atoms with Crippen molar-refractivity contribution in [3.8, 4) is 12.3 Å². The lowest BCUT2D eigenvalue weighted by Crippen LogP contribution is -2.77. The number of rotatable bonds is 5. The summed E-state index contributed by atoms with van der Waals surface area (Å²) >= 11 is 0. The number of fused-ring (bicyclic) bond motifs is 1. The Hall–Kier alpha value is -3.90. The van der Waals surface area contributed by atoms with Crippen LogP contribution in [-0.4, -0.2) is 76.0 Å². The van der Waals surface area contributed by atoms with E-state index in [1.165, 1.54) is 17.1 Å². The maximum Gasteiger partial charge on any atom is 0.334 e. The van der Waals surface area contributed by atoms with Crippen molar-refractivity contribution in [2.24, 2.45) is 5.92 Å². The molecule has 0 radical (unpaired) electrons. The number of halogens is 1. The molecule has 0 aromatic heterocycles. The van der Waals surface area contributed by atoms with Crippen molar-refractivity contribution < 1.29 is 18.8 Å². The monoisotopic (exact) mass is 507 g/mol. The summed E-state index contributed by atoms with van der Waals surface area (Å²) < 4.78 is 11.9. The number of hydrazine groups is 1. The number of nitrogens with zero attached hydrogens (tertiary/aromatic N) is 4. The van der Waals surface area contributed by atoms with E-state index in [9.17, 15) is 18.8 Å². The molecular weight excluding hydrogens is 473 g/mol. The minimum atomic E-state index is -0.603. The summed E-state index contributed by atoms with van der Waals surface area (Å²) in [5.74, 6) is 2.01. The number of hydrogen-bond donors (Lipinski definition) is 1. The number of hydrogen-bond acceptors (Lipinski definition) is 4. The maximum atomic E-state index is 13.2. The third-order valence-corrected chi connectivity index (χ3v) is 6.28. The summed E-state index contributed by atoms with van der Waals surface area (Å²) in [6.45, 7) is 6.93. The number of amides is 4. The number of piperazine rings is 1. The fourth-order valence-corrected chi connectivity index (χ4v) is 4.55. The first kappa shape index (κ1) is 27.7. The molecule has 0 saturated carbocycles. The van der Waals surface area contributed by atoms with Crippen molar-refractivity contribution >= 4 is 17.8 Å². The van der Waals surface area contributed by atoms with Crippen molar-refractivity contribution in [1.82, 2.24) is 25.1 Å². The lowest BCUT2D eigenvalue weighted by atomic mass is 9.96. The van der Waals surface area contributed by atoms with Gasteiger partial charge in [0.15, 0.2) is 0 Å². The van der Waals surface area contributed by atoms with E-state index in [4.69, 9.17) is 6.42 Å². The average molecular weight is 508 g/mol. The first-order chi connectivity index (χ1) is 17.8. The Morgan fingerprint density at radius 1 is 1.11 bits per heavy atom. The van der Waals surface area contributed by atoms with E-state index in [-0.39, 0.29) is 49.2 Å². The Bertz CT molecular complexity index is 1110. The van der Waals surface area contributed by atoms with E-state index in [0.717, 1.165) is 5.56 Å². The summed E-state index contributed by atoms with van der Waals surface area (Å²) in [5.41, 5.74) is 0.966. The molecule has 9 heteroatoms. The number of likely N-dealkylation sites (N-methyl/N-ethyl adjacent to an activating group) is 1. The van der Waals surface area contributed by atoms with Crippen LogP contribution in [0.25, 0.3) is 0 Å². The van der Waals surface area contributed by atoms with Gasteiger partial charge in [-0.05, 0) is 30.5 Å². The highest BCUT2D eigenvalue weighted by atomic mass is 19.1. The van der Waals surface area contributed by atoms with E-state index in [2.05, 4.69) is 11.2 Å². The van der Waals surface area contributed by atoms with Gasteiger partial charge >= 0.3 is 6.03 Å². The van der Waals surface area contributed by atoms with Crippen LogP contribution in [0.15, 0.2) is 60.7 Å². The van der Waals surface area contributed by atoms with Gasteiger partial charge in [-0.3, -0.25) is 9.59 Å². The Morgan fingerprint density at radius 3 is 2.24 bits per heavy atom. The van der Waals surface area contributed by atoms with Crippen LogP contribution in [0.2, 0.25) is 0 Å². The van der Waals surface area contributed by atoms with E-state index < -0.39 is 12.2 Å². The molecule has 4 rings (SSSR count). The second-order valence-electron chi connectivity index (χ2n) is 9.16. The number of carbonyl (C=O) groups excluding carboxylic acids is 3. The van der Waals surface area contributed by atoms with Gasteiger partial charge in [0.05, 0.1) is 19.6 Å². The standard InChI is InChI=1S/C22H29N5O3.C6H5F/c1-5-12-25-15-19(28)26-18(14-24(6-2)21(29)20(26)16(3)4)27(25)22(30)23-13-17-10-8-7-9-11-17;7-6-4-2-1-3-5-6/h1,7-11,16,18,20H,6,12-15H2,2-4H3,(H,23,30);1-5H/t18-,20-;/m0./s1. The van der Waals surface area contributed by atoms with Gasteiger partial charge in [-0.25, -0.2) is 14.2 Å². The zero-order valence-electron chi connectivity index (χ0n) is 21.5. The Morgan fingerprint density at radius 2 is 1.73 bits per heavy atom. The first-order valence-electron chi connectivity index (χ1n) is 12.4. The molecule has 4 amide bonds. The molecule has 1 N–H and O–H groups in total. The van der Waals surface area contributed by atoms with E-state index in [1.807, 2.05) is 51.1 Å². The van der Waals surface area contributed by atoms with Gasteiger partial charge in [0.1, 0.15) is 18.0 Å². The molecule has 2 fully saturated rings. The minimum Gasteiger partial charge on any atom is -0.337 e. The molecule has 2 aromatic rings. The normalized spacial score (nSPS) is 19.6. The molecule has 196 valence electrons. The Labute approximate surface area is 218 Å². The molecule has 37 heavy (non-hydrogen) atoms. The van der Waals surface area contributed by atoms with Gasteiger partial charge in [0, 0.05) is 13.1 Å². The molecular formula is C28H34FN5O3. The van der Waals surface area contributed by atoms with Gasteiger partial charge in [0.25, 0.3) is 0 Å². The highest BCUT2D eigenvalue weighted by molar-refractivity contribution is 5.91. The molecule has 2 aromatic carbocycles. The molecule has 2 atom stereocenters. The number of terminal acetylenes is 1. The first-order valence-corrected chi connectivity index (χ1v) is 12.4. The van der Waals surface area contributed by atoms with Crippen LogP contribution in [0, 0.1) is 24.1 Å². The van der Waals surface area contributed by atoms with Crippen LogP contribution < -0.4 is 5.32 Å². The van der Waals surface area contributed by atoms with Gasteiger partial charge in [-0.1, -0.05) is 68.3 Å². The average Bonchev–Trinajstić information content (AvgIpc) is 2.89. The third kappa shape index (κ3) is 6.66. The topological polar surface area (TPSA) is 76.2 Å². The zero-order valence-corrected chi connectivity index (χ0v) is 21.5. The molecule has 2 aliphatic heterocycles. The molecule has 0 bridgehead atoms. The lowest BCUT2D eigenvalue weighted by Gasteiger charge is -2.55. The summed E-state index contributed by atoms with van der Waals surface area (Å²) in [7, 11) is 0. The predicted octanol–water partition coefficient (Wildman–Crippen LogP) is 2.93. The maximum absolute atomic E-state index is 13.2. The zero-order chi connectivity index (χ0) is 26.9. The molecule has 0 aliphatic carbocycles. The van der Waals surface area contributed by atoms with Crippen molar-refractivity contribution in [1.29, 1.82) is 0 Å². The summed E-state index contributed by atoms with van der Waals surface area (Å²) in [5, 5.41) is 6.04. The highest BCUT2D eigenvalue weighted by Crippen LogP contribution is 2.29. The van der Waals surface area contributed by atoms with Crippen LogP contribution >= 0.6 is 0 Å². The number of benzene rings is 2. The molecule has 0 unspecified atom stereocenters. The van der Waals surface area contributed by atoms with Gasteiger partial charge < -0.3 is 15.1 Å². The quantitative estimate of drug-likeness (QED) is 0.632. The second kappa shape index (κ2) is 12.9. The molecule has 2 heterocycles. The largest absolute Gasteiger partial charge is 0.337 e. The number of urea groups is 1.